The summed E-state index contributed by atoms with van der Waals surface area (Å²) in [7, 11) is -108. The fourth-order valence-corrected chi connectivity index (χ4v) is 0. The van der Waals surface area contributed by atoms with Crippen LogP contribution in [0.3, 0.4) is 0 Å². The van der Waals surface area contributed by atoms with Gasteiger partial charge >= 0.3 is 111 Å². The van der Waals surface area contributed by atoms with Gasteiger partial charge in [0, 0.05) is 0 Å². The summed E-state index contributed by atoms with van der Waals surface area (Å²) in [4.78, 5) is 513. The van der Waals surface area contributed by atoms with Crippen LogP contribution in [0.1, 0.15) is 0 Å². The Kier molecular flexibility index (Phi) is 210. The third-order valence-corrected chi connectivity index (χ3v) is 0. The second kappa shape index (κ2) is 103. The number of hydrogen-bond donors (Lipinski definition) is 0. The van der Waals surface area contributed by atoms with Gasteiger partial charge in [-0.15, -0.1) is 0 Å². The van der Waals surface area contributed by atoms with E-state index in [1.54, 1.807) is 0 Å². The van der Waals surface area contributed by atoms with Gasteiger partial charge in [0.15, 0.2) is 0 Å². The van der Waals surface area contributed by atoms with Gasteiger partial charge in [-0.05, 0) is 0 Å². The van der Waals surface area contributed by atoms with E-state index in [1.807, 2.05) is 0 Å². The van der Waals surface area contributed by atoms with Crippen LogP contribution in [-0.2, 0) is 91.3 Å². The number of phosphoric acid groups is 20. The van der Waals surface area contributed by atoms with Crippen LogP contribution in [0, 0.1) is 111 Å². The quantitative estimate of drug-likeness (QED) is 0.203. The minimum Gasteiger partial charge on any atom is -0.822 e. The van der Waals surface area contributed by atoms with Gasteiger partial charge in [-0.25, -0.2) is 0 Å². The van der Waals surface area contributed by atoms with Crippen LogP contribution in [0.25, 0.3) is 0 Å². The SMILES string of the molecule is O=P([O-])([O-])[O-].O=P([O-])([O-])[O-].O=P([O-])([O-])[O-].O=P([O-])([O-])[O-].O=P([O-])([O-])[O-].O=P([O-])([O-])[O-].O=P([O-])([O-])[O-].O=P([O-])([O-])[O-].O=P([O-])([O-])[O-].O=P([O-])([O-])[O-].O=P([O-])([O-])[O-].O=P([O-])([O-])[O-].O=P([O-])([O-])[O-].O=P([O-])([O-])[O-].O=P([O-])([O-])[O-].O=P([O-])([O-])[O-].O=P([O-])([O-])[O-].O=P([O-])([O-])[O-].O=P([O-])([O-])[O-].O=P([O-])([O-])[O-].[C+4].[C+4].[C+4].[C+4].[C+4].[C+4].[C+4].[C+4].[C+4].[C+4].[C+4].[C+4].[C+4].[C+4].[C+4]. The molecule has 115 heavy (non-hydrogen) atoms. The van der Waals surface area contributed by atoms with E-state index >= 15 is 0 Å². The van der Waals surface area contributed by atoms with Crippen molar-refractivity contribution in [3.8, 4) is 0 Å². The van der Waals surface area contributed by atoms with Crippen LogP contribution in [0.15, 0.2) is 0 Å². The fraction of sp³-hybridized carbons (Fsp3) is 0. The zero-order valence-corrected chi connectivity index (χ0v) is 67.0. The molecule has 80 nitrogen and oxygen atoms in total. The largest absolute Gasteiger partial charge is 4.00 e. The van der Waals surface area contributed by atoms with Crippen LogP contribution in [0.5, 0.6) is 0 Å². The summed E-state index contributed by atoms with van der Waals surface area (Å²) in [6.07, 6.45) is 0. The van der Waals surface area contributed by atoms with Crippen molar-refractivity contribution in [1.82, 2.24) is 0 Å². The third-order valence-electron chi connectivity index (χ3n) is 0. The first kappa shape index (κ1) is 234. The topological polar surface area (TPSA) is 1720 Å². The summed E-state index contributed by atoms with van der Waals surface area (Å²) < 4.78 is 171. The Bertz CT molecular complexity index is 1920. The molecule has 0 heterocycles. The molecule has 640 valence electrons. The van der Waals surface area contributed by atoms with Gasteiger partial charge in [0.05, 0.1) is 0 Å². The zero-order chi connectivity index (χ0) is 90.0. The summed E-state index contributed by atoms with van der Waals surface area (Å²) in [6.45, 7) is 0. The Morgan fingerprint density at radius 1 is 0.0609 bits per heavy atom. The van der Waals surface area contributed by atoms with Crippen LogP contribution >= 0.6 is 156 Å². The van der Waals surface area contributed by atoms with E-state index in [9.17, 15) is 0 Å². The second-order valence-corrected chi connectivity index (χ2v) is 26.8. The van der Waals surface area contributed by atoms with Crippen LogP contribution in [-0.4, -0.2) is 0 Å². The molecule has 0 unspecified atom stereocenters. The number of hydrogen-bond acceptors (Lipinski definition) is 80. The van der Waals surface area contributed by atoms with Crippen molar-refractivity contribution in [1.29, 1.82) is 0 Å². The predicted octanol–water partition coefficient (Wildman–Crippen LogP) is -55.3. The molecular weight excluding hydrogens is 2080 g/mol. The molecule has 0 bridgehead atoms. The van der Waals surface area contributed by atoms with Crippen LogP contribution < -0.4 is 294 Å². The van der Waals surface area contributed by atoms with Gasteiger partial charge in [0.25, 0.3) is 0 Å². The van der Waals surface area contributed by atoms with E-state index in [0.29, 0.717) is 0 Å². The molecule has 0 saturated carbocycles. The van der Waals surface area contributed by atoms with E-state index in [1.165, 1.54) is 0 Å². The molecule has 0 aliphatic carbocycles. The summed E-state index contributed by atoms with van der Waals surface area (Å²) in [5.41, 5.74) is 0. The average molecular weight is 2080 g/mol. The van der Waals surface area contributed by atoms with Crippen molar-refractivity contribution in [2.45, 2.75) is 0 Å². The maximum Gasteiger partial charge on any atom is 4.00 e. The normalized spacial score (nSPS) is 10.3. The van der Waals surface area contributed by atoms with Crippen molar-refractivity contribution in [3.63, 3.8) is 0 Å². The Morgan fingerprint density at radius 3 is 0.0609 bits per heavy atom. The Morgan fingerprint density at radius 2 is 0.0609 bits per heavy atom. The first-order chi connectivity index (χ1) is 40.0. The van der Waals surface area contributed by atoms with Crippen molar-refractivity contribution in [2.75, 3.05) is 0 Å². The summed E-state index contributed by atoms with van der Waals surface area (Å²) in [6, 6.07) is 0. The standard InChI is InChI=1S/15C.20H3O4P/c;;;;;;;;;;;;;;;20*1-5(2,3)4/h;;;;;;;;;;;;;;;20*(H3,1,2,3,4)/q15*+4;;;;;;;;;;;;;;;;;;;;/p-60. The molecular formula is C15O80P20. The minimum atomic E-state index is -5.39. The van der Waals surface area contributed by atoms with Gasteiger partial charge in [0.2, 0.25) is 0 Å². The Balaban J connectivity index is -0.0000000176. The van der Waals surface area contributed by atoms with Gasteiger partial charge in [-0.3, -0.25) is 0 Å². The molecule has 0 spiro atoms. The molecule has 0 atom stereocenters. The Hall–Kier alpha value is 2.20. The van der Waals surface area contributed by atoms with E-state index in [-0.39, 0.29) is 111 Å². The average Bonchev–Trinajstić information content (AvgIpc) is 2.87. The van der Waals surface area contributed by atoms with E-state index in [2.05, 4.69) is 0 Å². The molecule has 100 heteroatoms. The van der Waals surface area contributed by atoms with Gasteiger partial charge < -0.3 is 385 Å². The van der Waals surface area contributed by atoms with Crippen LogP contribution in [0.4, 0.5) is 0 Å². The molecule has 0 aliphatic heterocycles. The Labute approximate surface area is 651 Å². The van der Waals surface area contributed by atoms with Crippen molar-refractivity contribution < 1.29 is 385 Å². The van der Waals surface area contributed by atoms with Gasteiger partial charge in [0.1, 0.15) is 0 Å². The van der Waals surface area contributed by atoms with Crippen molar-refractivity contribution in [3.05, 3.63) is 111 Å². The van der Waals surface area contributed by atoms with E-state index in [4.69, 9.17) is 385 Å². The smallest absolute Gasteiger partial charge is 0.822 e. The molecule has 0 aliphatic rings. The zero-order valence-electron chi connectivity index (χ0n) is 49.1. The first-order valence-corrected chi connectivity index (χ1v) is 43.8. The van der Waals surface area contributed by atoms with Crippen molar-refractivity contribution >= 4 is 156 Å². The molecule has 0 radical (unpaired) electrons. The third kappa shape index (κ3) is 313000. The molecule has 0 amide bonds. The van der Waals surface area contributed by atoms with Crippen LogP contribution in [0.2, 0.25) is 0 Å². The monoisotopic (exact) mass is 2080 g/mol. The van der Waals surface area contributed by atoms with E-state index in [0.717, 1.165) is 0 Å². The molecule has 0 saturated heterocycles. The molecule has 0 N–H and O–H groups in total. The van der Waals surface area contributed by atoms with Gasteiger partial charge in [-0.2, -0.15) is 156 Å². The maximum atomic E-state index is 8.55. The maximum absolute atomic E-state index is 8.55. The van der Waals surface area contributed by atoms with Crippen molar-refractivity contribution in [2.24, 2.45) is 0 Å². The molecule has 0 aromatic rings. The summed E-state index contributed by atoms with van der Waals surface area (Å²) >= 11 is 0. The number of rotatable bonds is 0. The summed E-state index contributed by atoms with van der Waals surface area (Å²) in [5, 5.41) is 0. The summed E-state index contributed by atoms with van der Waals surface area (Å²) in [5.74, 6) is 0. The molecule has 0 fully saturated rings. The first-order valence-electron chi connectivity index (χ1n) is 14.6. The predicted molar refractivity (Wildman–Crippen MR) is 201 cm³/mol. The second-order valence-electron chi connectivity index (χ2n) is 8.94. The molecule has 0 aromatic carbocycles. The molecule has 0 aromatic heterocycles. The fourth-order valence-electron chi connectivity index (χ4n) is 0. The van der Waals surface area contributed by atoms with Gasteiger partial charge in [-0.1, -0.05) is 0 Å². The molecule has 0 rings (SSSR count). The van der Waals surface area contributed by atoms with E-state index < -0.39 is 156 Å². The minimum absolute atomic E-state index is 0.